The Hall–Kier alpha value is -1.74. The van der Waals surface area contributed by atoms with E-state index in [2.05, 4.69) is 5.10 Å². The zero-order valence-electron chi connectivity index (χ0n) is 22.2. The van der Waals surface area contributed by atoms with Crippen molar-refractivity contribution in [2.45, 2.75) is 77.8 Å². The highest BCUT2D eigenvalue weighted by Gasteiger charge is 2.56. The van der Waals surface area contributed by atoms with Crippen LogP contribution in [0.25, 0.3) is 0 Å². The van der Waals surface area contributed by atoms with Gasteiger partial charge in [-0.1, -0.05) is 0 Å². The van der Waals surface area contributed by atoms with Crippen molar-refractivity contribution in [2.75, 3.05) is 28.3 Å². The maximum Gasteiger partial charge on any atom is 0.499 e. The molecule has 1 aromatic carbocycles. The van der Waals surface area contributed by atoms with Gasteiger partial charge in [-0.3, -0.25) is 0 Å². The topological polar surface area (TPSA) is 71.0 Å². The minimum absolute atomic E-state index is 0.525. The first-order chi connectivity index (χ1) is 15.1. The second-order valence-electron chi connectivity index (χ2n) is 10.8. The van der Waals surface area contributed by atoms with Crippen molar-refractivity contribution in [3.8, 4) is 11.5 Å². The Morgan fingerprint density at radius 2 is 1.06 bits per heavy atom. The molecule has 0 atom stereocenters. The summed E-state index contributed by atoms with van der Waals surface area (Å²) in [7, 11) is 5.59. The molecule has 2 aliphatic rings. The molecule has 182 valence electrons. The molecule has 0 aliphatic carbocycles. The molecule has 3 rings (SSSR count). The maximum atomic E-state index is 6.41. The lowest BCUT2D eigenvalue weighted by Gasteiger charge is -2.32. The number of hydrogen-bond donors (Lipinski definition) is 0. The number of benzene rings is 1. The summed E-state index contributed by atoms with van der Waals surface area (Å²) < 4.78 is 37.2. The molecule has 2 fully saturated rings. The van der Waals surface area contributed by atoms with Crippen LogP contribution in [0.5, 0.6) is 11.5 Å². The number of hydrazone groups is 1. The van der Waals surface area contributed by atoms with Crippen molar-refractivity contribution in [3.05, 3.63) is 11.6 Å². The van der Waals surface area contributed by atoms with Gasteiger partial charge in [0.1, 0.15) is 11.5 Å². The smallest absolute Gasteiger partial charge is 0.497 e. The molecular weight excluding hydrogens is 422 g/mol. The van der Waals surface area contributed by atoms with Crippen LogP contribution in [0.1, 0.15) is 61.0 Å². The highest BCUT2D eigenvalue weighted by Crippen LogP contribution is 2.40. The van der Waals surface area contributed by atoms with Gasteiger partial charge >= 0.3 is 14.2 Å². The highest BCUT2D eigenvalue weighted by molar-refractivity contribution is 6.69. The van der Waals surface area contributed by atoms with Crippen molar-refractivity contribution in [2.24, 2.45) is 5.10 Å². The Morgan fingerprint density at radius 3 is 1.33 bits per heavy atom. The molecule has 0 saturated carbocycles. The maximum absolute atomic E-state index is 6.41. The van der Waals surface area contributed by atoms with Crippen LogP contribution in [0.15, 0.2) is 11.2 Å². The van der Waals surface area contributed by atoms with Gasteiger partial charge in [-0.15, -0.1) is 0 Å². The molecule has 0 spiro atoms. The molecule has 0 radical (unpaired) electrons. The number of hydrogen-bond acceptors (Lipinski definition) is 8. The monoisotopic (exact) mass is 460 g/mol. The molecule has 2 aliphatic heterocycles. The Morgan fingerprint density at radius 1 is 0.727 bits per heavy atom. The zero-order chi connectivity index (χ0) is 25.0. The molecule has 33 heavy (non-hydrogen) atoms. The van der Waals surface area contributed by atoms with Crippen LogP contribution in [-0.2, 0) is 18.6 Å². The normalized spacial score (nSPS) is 22.8. The van der Waals surface area contributed by atoms with Crippen molar-refractivity contribution in [1.82, 2.24) is 5.01 Å². The first kappa shape index (κ1) is 25.9. The predicted octanol–water partition coefficient (Wildman–Crippen LogP) is 2.20. The average Bonchev–Trinajstić information content (AvgIpc) is 3.03. The third-order valence-corrected chi connectivity index (χ3v) is 7.21. The first-order valence-electron chi connectivity index (χ1n) is 11.3. The predicted molar refractivity (Wildman–Crippen MR) is 132 cm³/mol. The van der Waals surface area contributed by atoms with Crippen molar-refractivity contribution in [1.29, 1.82) is 0 Å². The summed E-state index contributed by atoms with van der Waals surface area (Å²) >= 11 is 0. The minimum Gasteiger partial charge on any atom is -0.497 e. The highest BCUT2D eigenvalue weighted by atomic mass is 16.7. The second-order valence-corrected chi connectivity index (χ2v) is 10.8. The summed E-state index contributed by atoms with van der Waals surface area (Å²) in [5.41, 5.74) is 0.0505. The van der Waals surface area contributed by atoms with Crippen molar-refractivity contribution in [3.63, 3.8) is 0 Å². The van der Waals surface area contributed by atoms with E-state index in [1.54, 1.807) is 25.4 Å². The molecule has 0 aromatic heterocycles. The lowest BCUT2D eigenvalue weighted by molar-refractivity contribution is 0.00578. The summed E-state index contributed by atoms with van der Waals surface area (Å²) in [6, 6.07) is 1.83. The minimum atomic E-state index is -0.680. The van der Waals surface area contributed by atoms with E-state index >= 15 is 0 Å². The third-order valence-electron chi connectivity index (χ3n) is 7.21. The molecule has 1 aromatic rings. The molecule has 8 nitrogen and oxygen atoms in total. The van der Waals surface area contributed by atoms with Gasteiger partial charge in [0, 0.05) is 36.7 Å². The summed E-state index contributed by atoms with van der Waals surface area (Å²) in [6.45, 7) is 16.2. The summed E-state index contributed by atoms with van der Waals surface area (Å²) in [6.07, 6.45) is 1.76. The van der Waals surface area contributed by atoms with Gasteiger partial charge in [0.2, 0.25) is 0 Å². The van der Waals surface area contributed by atoms with Crippen LogP contribution in [0, 0.1) is 0 Å². The number of ether oxygens (including phenoxy) is 2. The van der Waals surface area contributed by atoms with Crippen LogP contribution < -0.4 is 20.4 Å². The van der Waals surface area contributed by atoms with E-state index in [-0.39, 0.29) is 0 Å². The molecular formula is C23H38B2N2O6. The first-order valence-corrected chi connectivity index (χ1v) is 11.3. The SMILES string of the molecule is COc1cc(OC)c(B2OC(C)(C)C(C)(C)O2)c(/C=N/N(C)C)c1B1OC(C)(C)C(C)(C)O1. The average molecular weight is 460 g/mol. The van der Waals surface area contributed by atoms with E-state index < -0.39 is 36.6 Å². The van der Waals surface area contributed by atoms with Crippen LogP contribution in [-0.4, -0.2) is 76.2 Å². The van der Waals surface area contributed by atoms with E-state index in [9.17, 15) is 0 Å². The van der Waals surface area contributed by atoms with Crippen molar-refractivity contribution >= 4 is 31.4 Å². The van der Waals surface area contributed by atoms with Gasteiger partial charge in [0.05, 0.1) is 42.8 Å². The Kier molecular flexibility index (Phi) is 6.65. The standard InChI is InChI=1S/C23H38B2N2O6/c1-20(2)21(3,4)31-24(30-20)18-15(14-26-27(9)10)19(17(29-12)13-16(18)28-11)25-32-22(5,6)23(7,8)33-25/h13-14H,1-12H3/b26-14+. The Labute approximate surface area is 199 Å². The lowest BCUT2D eigenvalue weighted by Crippen LogP contribution is -2.46. The second kappa shape index (κ2) is 8.48. The number of rotatable bonds is 6. The summed E-state index contributed by atoms with van der Waals surface area (Å²) in [5, 5.41) is 6.25. The van der Waals surface area contributed by atoms with Gasteiger partial charge in [0.25, 0.3) is 0 Å². The number of nitrogens with zero attached hydrogens (tertiary/aromatic N) is 2. The van der Waals surface area contributed by atoms with E-state index in [0.29, 0.717) is 22.4 Å². The summed E-state index contributed by atoms with van der Waals surface area (Å²) in [5.74, 6) is 1.15. The lowest BCUT2D eigenvalue weighted by atomic mass is 9.66. The van der Waals surface area contributed by atoms with Gasteiger partial charge in [-0.05, 0) is 55.4 Å². The van der Waals surface area contributed by atoms with Crippen LogP contribution in [0.3, 0.4) is 0 Å². The quantitative estimate of drug-likeness (QED) is 0.366. The molecule has 2 saturated heterocycles. The van der Waals surface area contributed by atoms with Gasteiger partial charge < -0.3 is 33.1 Å². The molecule has 0 amide bonds. The van der Waals surface area contributed by atoms with Crippen LogP contribution in [0.4, 0.5) is 0 Å². The fourth-order valence-corrected chi connectivity index (χ4v) is 3.74. The molecule has 2 heterocycles. The zero-order valence-corrected chi connectivity index (χ0v) is 22.2. The van der Waals surface area contributed by atoms with E-state index in [4.69, 9.17) is 28.1 Å². The van der Waals surface area contributed by atoms with Crippen LogP contribution >= 0.6 is 0 Å². The third kappa shape index (κ3) is 4.50. The van der Waals surface area contributed by atoms with Crippen molar-refractivity contribution < 1.29 is 28.1 Å². The van der Waals surface area contributed by atoms with Crippen LogP contribution in [0.2, 0.25) is 0 Å². The Balaban J connectivity index is 2.28. The van der Waals surface area contributed by atoms with Gasteiger partial charge in [-0.2, -0.15) is 5.10 Å². The fourth-order valence-electron chi connectivity index (χ4n) is 3.74. The molecule has 0 bridgehead atoms. The Bertz CT molecular complexity index is 836. The molecule has 0 unspecified atom stereocenters. The molecule has 10 heteroatoms. The van der Waals surface area contributed by atoms with Gasteiger partial charge in [-0.25, -0.2) is 0 Å². The van der Waals surface area contributed by atoms with Gasteiger partial charge in [0.15, 0.2) is 0 Å². The van der Waals surface area contributed by atoms with E-state index in [1.807, 2.05) is 75.6 Å². The fraction of sp³-hybridized carbons (Fsp3) is 0.696. The summed E-state index contributed by atoms with van der Waals surface area (Å²) in [4.78, 5) is 0. The van der Waals surface area contributed by atoms with E-state index in [1.165, 1.54) is 0 Å². The van der Waals surface area contributed by atoms with E-state index in [0.717, 1.165) is 5.56 Å². The number of methoxy groups -OCH3 is 2. The largest absolute Gasteiger partial charge is 0.499 e. The molecule has 0 N–H and O–H groups in total.